The lowest BCUT2D eigenvalue weighted by atomic mass is 9.95. The van der Waals surface area contributed by atoms with Crippen molar-refractivity contribution in [2.24, 2.45) is 0 Å². The largest absolute Gasteiger partial charge is 0.412 e. The van der Waals surface area contributed by atoms with Crippen LogP contribution in [-0.4, -0.2) is 30.8 Å². The van der Waals surface area contributed by atoms with Crippen molar-refractivity contribution >= 4 is 0 Å². The Balaban J connectivity index is 0.000000531. The third-order valence-corrected chi connectivity index (χ3v) is 2.72. The molecule has 2 fully saturated rings. The molecule has 0 aromatic heterocycles. The van der Waals surface area contributed by atoms with Gasteiger partial charge in [0.2, 0.25) is 0 Å². The summed E-state index contributed by atoms with van der Waals surface area (Å²) >= 11 is 0. The maximum atomic E-state index is 5.89. The highest BCUT2D eigenvalue weighted by Crippen LogP contribution is 2.25. The summed E-state index contributed by atoms with van der Waals surface area (Å²) in [6.07, 6.45) is 7.64. The van der Waals surface area contributed by atoms with E-state index in [1.165, 1.54) is 32.1 Å². The molecule has 3 N–H and O–H groups in total. The molecule has 0 radical (unpaired) electrons. The normalized spacial score (nSPS) is 22.7. The van der Waals surface area contributed by atoms with Gasteiger partial charge in [0.25, 0.3) is 0 Å². The van der Waals surface area contributed by atoms with Crippen molar-refractivity contribution in [2.75, 3.05) is 13.1 Å². The van der Waals surface area contributed by atoms with E-state index in [9.17, 15) is 0 Å². The molecule has 0 spiro atoms. The van der Waals surface area contributed by atoms with E-state index >= 15 is 0 Å². The monoisotopic (exact) mass is 203 g/mol. The molecule has 2 aliphatic rings. The molecule has 0 aromatic carbocycles. The van der Waals surface area contributed by atoms with E-state index < -0.39 is 0 Å². The Morgan fingerprint density at radius 1 is 0.929 bits per heavy atom. The maximum absolute atomic E-state index is 5.89. The molecule has 1 heterocycles. The maximum Gasteiger partial charge on any atom is 0.0603 e. The van der Waals surface area contributed by atoms with Gasteiger partial charge < -0.3 is 15.5 Å². The van der Waals surface area contributed by atoms with Crippen LogP contribution >= 0.6 is 0 Å². The summed E-state index contributed by atoms with van der Waals surface area (Å²) in [4.78, 5) is 0. The SMILES string of the molecule is C1CC(OC2CCNCC2)C1.CC.O. The summed E-state index contributed by atoms with van der Waals surface area (Å²) in [6, 6.07) is 0. The highest BCUT2D eigenvalue weighted by Gasteiger charge is 2.23. The van der Waals surface area contributed by atoms with E-state index in [4.69, 9.17) is 4.74 Å². The molecule has 0 amide bonds. The Bertz CT molecular complexity index is 120. The first-order valence-corrected chi connectivity index (χ1v) is 5.81. The molecule has 86 valence electrons. The van der Waals surface area contributed by atoms with E-state index in [0.717, 1.165) is 13.1 Å². The molecule has 3 heteroatoms. The molecule has 3 nitrogen and oxygen atoms in total. The first-order chi connectivity index (χ1) is 6.45. The van der Waals surface area contributed by atoms with Gasteiger partial charge in [-0.3, -0.25) is 0 Å². The van der Waals surface area contributed by atoms with Gasteiger partial charge in [0, 0.05) is 0 Å². The van der Waals surface area contributed by atoms with Crippen molar-refractivity contribution in [3.63, 3.8) is 0 Å². The van der Waals surface area contributed by atoms with Gasteiger partial charge in [-0.15, -0.1) is 0 Å². The van der Waals surface area contributed by atoms with Gasteiger partial charge in [-0.1, -0.05) is 13.8 Å². The summed E-state index contributed by atoms with van der Waals surface area (Å²) in [5, 5.41) is 3.34. The van der Waals surface area contributed by atoms with Crippen molar-refractivity contribution in [1.82, 2.24) is 5.32 Å². The zero-order chi connectivity index (χ0) is 9.52. The lowest BCUT2D eigenvalue weighted by Gasteiger charge is -2.32. The van der Waals surface area contributed by atoms with Crippen LogP contribution in [-0.2, 0) is 4.74 Å². The second-order valence-electron chi connectivity index (χ2n) is 3.64. The van der Waals surface area contributed by atoms with Crippen molar-refractivity contribution in [3.8, 4) is 0 Å². The van der Waals surface area contributed by atoms with Crippen LogP contribution in [0.3, 0.4) is 0 Å². The van der Waals surface area contributed by atoms with E-state index in [1.807, 2.05) is 13.8 Å². The Morgan fingerprint density at radius 3 is 1.86 bits per heavy atom. The van der Waals surface area contributed by atoms with Gasteiger partial charge in [0.05, 0.1) is 12.2 Å². The Morgan fingerprint density at radius 2 is 1.43 bits per heavy atom. The minimum Gasteiger partial charge on any atom is -0.412 e. The first kappa shape index (κ1) is 13.9. The smallest absolute Gasteiger partial charge is 0.0603 e. The molecule has 1 aliphatic carbocycles. The fourth-order valence-corrected chi connectivity index (χ4v) is 1.71. The highest BCUT2D eigenvalue weighted by atomic mass is 16.5. The molecule has 0 unspecified atom stereocenters. The highest BCUT2D eigenvalue weighted by molar-refractivity contribution is 4.75. The van der Waals surface area contributed by atoms with E-state index in [1.54, 1.807) is 0 Å². The van der Waals surface area contributed by atoms with Gasteiger partial charge in [-0.25, -0.2) is 0 Å². The third-order valence-electron chi connectivity index (χ3n) is 2.72. The van der Waals surface area contributed by atoms with Crippen LogP contribution < -0.4 is 5.32 Å². The second-order valence-corrected chi connectivity index (χ2v) is 3.64. The van der Waals surface area contributed by atoms with Crippen molar-refractivity contribution in [1.29, 1.82) is 0 Å². The van der Waals surface area contributed by atoms with Crippen LogP contribution in [0, 0.1) is 0 Å². The number of nitrogens with one attached hydrogen (secondary N) is 1. The zero-order valence-electron chi connectivity index (χ0n) is 9.51. The van der Waals surface area contributed by atoms with Crippen molar-refractivity contribution in [3.05, 3.63) is 0 Å². The topological polar surface area (TPSA) is 52.8 Å². The Labute approximate surface area is 87.5 Å². The van der Waals surface area contributed by atoms with Gasteiger partial charge in [-0.2, -0.15) is 0 Å². The molecule has 1 saturated heterocycles. The molecular weight excluding hydrogens is 178 g/mol. The Kier molecular flexibility index (Phi) is 8.14. The van der Waals surface area contributed by atoms with Crippen LogP contribution in [0.5, 0.6) is 0 Å². The summed E-state index contributed by atoms with van der Waals surface area (Å²) < 4.78 is 5.89. The average molecular weight is 203 g/mol. The third kappa shape index (κ3) is 4.40. The number of rotatable bonds is 2. The number of hydrogen-bond acceptors (Lipinski definition) is 2. The molecule has 1 aliphatic heterocycles. The summed E-state index contributed by atoms with van der Waals surface area (Å²) in [5.41, 5.74) is 0. The van der Waals surface area contributed by atoms with E-state index in [-0.39, 0.29) is 5.48 Å². The first-order valence-electron chi connectivity index (χ1n) is 5.81. The van der Waals surface area contributed by atoms with Gasteiger partial charge in [-0.05, 0) is 45.2 Å². The second kappa shape index (κ2) is 8.21. The number of piperidine rings is 1. The van der Waals surface area contributed by atoms with Crippen LogP contribution in [0.1, 0.15) is 46.0 Å². The van der Waals surface area contributed by atoms with E-state index in [0.29, 0.717) is 12.2 Å². The van der Waals surface area contributed by atoms with Crippen LogP contribution in [0.25, 0.3) is 0 Å². The lowest BCUT2D eigenvalue weighted by Crippen LogP contribution is -2.36. The standard InChI is InChI=1S/C9H17NO.C2H6.H2O/c1-2-8(3-1)11-9-4-6-10-7-5-9;1-2;/h8-10H,1-7H2;1-2H3;1H2. The van der Waals surface area contributed by atoms with Crippen molar-refractivity contribution < 1.29 is 10.2 Å². The van der Waals surface area contributed by atoms with Gasteiger partial charge in [0.1, 0.15) is 0 Å². The predicted octanol–water partition coefficient (Wildman–Crippen LogP) is 1.51. The van der Waals surface area contributed by atoms with Crippen LogP contribution in [0.2, 0.25) is 0 Å². The van der Waals surface area contributed by atoms with Gasteiger partial charge in [0.15, 0.2) is 0 Å². The Hall–Kier alpha value is -0.120. The molecule has 1 saturated carbocycles. The van der Waals surface area contributed by atoms with Crippen LogP contribution in [0.4, 0.5) is 0 Å². The fraction of sp³-hybridized carbons (Fsp3) is 1.00. The fourth-order valence-electron chi connectivity index (χ4n) is 1.71. The lowest BCUT2D eigenvalue weighted by molar-refractivity contribution is -0.0617. The predicted molar refractivity (Wildman–Crippen MR) is 59.6 cm³/mol. The molecule has 2 rings (SSSR count). The van der Waals surface area contributed by atoms with Gasteiger partial charge >= 0.3 is 0 Å². The summed E-state index contributed by atoms with van der Waals surface area (Å²) in [5.74, 6) is 0. The van der Waals surface area contributed by atoms with Crippen LogP contribution in [0.15, 0.2) is 0 Å². The molecule has 0 aromatic rings. The minimum atomic E-state index is 0. The molecular formula is C11H25NO2. The van der Waals surface area contributed by atoms with Crippen molar-refractivity contribution in [2.45, 2.75) is 58.2 Å². The summed E-state index contributed by atoms with van der Waals surface area (Å²) in [7, 11) is 0. The summed E-state index contributed by atoms with van der Waals surface area (Å²) in [6.45, 7) is 6.30. The molecule has 0 atom stereocenters. The molecule has 0 bridgehead atoms. The quantitative estimate of drug-likeness (QED) is 0.739. The number of hydrogen-bond donors (Lipinski definition) is 1. The number of ether oxygens (including phenoxy) is 1. The minimum absolute atomic E-state index is 0. The molecule has 14 heavy (non-hydrogen) atoms. The zero-order valence-corrected chi connectivity index (χ0v) is 9.51. The average Bonchev–Trinajstić information content (AvgIpc) is 2.17. The van der Waals surface area contributed by atoms with E-state index in [2.05, 4.69) is 5.32 Å².